The van der Waals surface area contributed by atoms with Gasteiger partial charge in [0.05, 0.1) is 12.2 Å². The number of ether oxygens (including phenoxy) is 1. The molecule has 0 saturated heterocycles. The summed E-state index contributed by atoms with van der Waals surface area (Å²) in [5.74, 6) is 1.33. The van der Waals surface area contributed by atoms with Gasteiger partial charge in [-0.05, 0) is 60.9 Å². The quantitative estimate of drug-likeness (QED) is 0.237. The molecule has 3 rings (SSSR count). The van der Waals surface area contributed by atoms with Crippen molar-refractivity contribution in [1.29, 1.82) is 0 Å². The molecular weight excluding hydrogens is 506 g/mol. The third kappa shape index (κ3) is 8.92. The van der Waals surface area contributed by atoms with E-state index in [0.29, 0.717) is 19.7 Å². The van der Waals surface area contributed by atoms with Gasteiger partial charge in [-0.3, -0.25) is 4.98 Å². The van der Waals surface area contributed by atoms with Crippen molar-refractivity contribution in [2.24, 2.45) is 4.99 Å². The first-order chi connectivity index (χ1) is 14.7. The van der Waals surface area contributed by atoms with Crippen LogP contribution >= 0.6 is 24.0 Å². The van der Waals surface area contributed by atoms with E-state index in [9.17, 15) is 4.39 Å². The lowest BCUT2D eigenvalue weighted by atomic mass is 10.1. The number of rotatable bonds is 9. The summed E-state index contributed by atoms with van der Waals surface area (Å²) in [6, 6.07) is 20.3. The van der Waals surface area contributed by atoms with Gasteiger partial charge in [-0.1, -0.05) is 30.3 Å². The first-order valence-corrected chi connectivity index (χ1v) is 10.1. The predicted molar refractivity (Wildman–Crippen MR) is 133 cm³/mol. The minimum atomic E-state index is -0.215. The maximum absolute atomic E-state index is 13.0. The van der Waals surface area contributed by atoms with E-state index in [1.165, 1.54) is 12.1 Å². The summed E-state index contributed by atoms with van der Waals surface area (Å²) in [6.07, 6.45) is 2.55. The van der Waals surface area contributed by atoms with Gasteiger partial charge in [0.1, 0.15) is 18.2 Å². The molecule has 1 aromatic heterocycles. The summed E-state index contributed by atoms with van der Waals surface area (Å²) in [7, 11) is 0. The van der Waals surface area contributed by atoms with Gasteiger partial charge in [-0.2, -0.15) is 0 Å². The fourth-order valence-electron chi connectivity index (χ4n) is 2.86. The number of hydrogen-bond donors (Lipinski definition) is 2. The van der Waals surface area contributed by atoms with Gasteiger partial charge in [-0.25, -0.2) is 9.38 Å². The summed E-state index contributed by atoms with van der Waals surface area (Å²) in [5, 5.41) is 6.57. The Bertz CT molecular complexity index is 936. The molecule has 0 spiro atoms. The second-order valence-electron chi connectivity index (χ2n) is 6.76. The zero-order valence-electron chi connectivity index (χ0n) is 17.6. The summed E-state index contributed by atoms with van der Waals surface area (Å²) in [6.45, 7) is 4.48. The van der Waals surface area contributed by atoms with Gasteiger partial charge in [0.2, 0.25) is 0 Å². The van der Waals surface area contributed by atoms with Crippen molar-refractivity contribution >= 4 is 29.9 Å². The summed E-state index contributed by atoms with van der Waals surface area (Å²) in [4.78, 5) is 8.92. The molecule has 164 valence electrons. The van der Waals surface area contributed by atoms with E-state index in [1.807, 2.05) is 49.4 Å². The summed E-state index contributed by atoms with van der Waals surface area (Å²) >= 11 is 0. The lowest BCUT2D eigenvalue weighted by Gasteiger charge is -2.12. The normalized spacial score (nSPS) is 10.8. The molecule has 31 heavy (non-hydrogen) atoms. The second kappa shape index (κ2) is 13.6. The first-order valence-electron chi connectivity index (χ1n) is 10.1. The van der Waals surface area contributed by atoms with Crippen molar-refractivity contribution in [3.63, 3.8) is 0 Å². The molecule has 0 radical (unpaired) electrons. The number of hydrogen-bond acceptors (Lipinski definition) is 3. The van der Waals surface area contributed by atoms with E-state index in [1.54, 1.807) is 18.3 Å². The van der Waals surface area contributed by atoms with Gasteiger partial charge in [0.25, 0.3) is 0 Å². The molecule has 0 saturated carbocycles. The van der Waals surface area contributed by atoms with Crippen LogP contribution in [-0.4, -0.2) is 24.0 Å². The highest BCUT2D eigenvalue weighted by Gasteiger charge is 2.01. The van der Waals surface area contributed by atoms with Crippen molar-refractivity contribution < 1.29 is 9.13 Å². The van der Waals surface area contributed by atoms with Crippen LogP contribution in [0, 0.1) is 5.82 Å². The highest BCUT2D eigenvalue weighted by atomic mass is 127. The average molecular weight is 534 g/mol. The lowest BCUT2D eigenvalue weighted by Crippen LogP contribution is -2.38. The third-order valence-electron chi connectivity index (χ3n) is 4.39. The molecular formula is C24H28FIN4O. The number of nitrogens with one attached hydrogen (secondary N) is 2. The third-order valence-corrected chi connectivity index (χ3v) is 4.39. The Labute approximate surface area is 200 Å². The van der Waals surface area contributed by atoms with E-state index >= 15 is 0 Å². The van der Waals surface area contributed by atoms with Crippen LogP contribution in [0.4, 0.5) is 4.39 Å². The Morgan fingerprint density at radius 1 is 1.00 bits per heavy atom. The number of nitrogens with zero attached hydrogens (tertiary/aromatic N) is 2. The molecule has 3 aromatic rings. The number of aromatic nitrogens is 1. The van der Waals surface area contributed by atoms with Crippen LogP contribution in [0.15, 0.2) is 77.9 Å². The molecule has 2 aromatic carbocycles. The van der Waals surface area contributed by atoms with Crippen LogP contribution in [-0.2, 0) is 19.6 Å². The van der Waals surface area contributed by atoms with E-state index in [0.717, 1.165) is 41.5 Å². The van der Waals surface area contributed by atoms with Crippen LogP contribution < -0.4 is 15.4 Å². The van der Waals surface area contributed by atoms with Crippen LogP contribution in [0.25, 0.3) is 0 Å². The largest absolute Gasteiger partial charge is 0.487 e. The molecule has 0 bridgehead atoms. The zero-order chi connectivity index (χ0) is 21.0. The van der Waals surface area contributed by atoms with Crippen molar-refractivity contribution in [2.75, 3.05) is 13.1 Å². The topological polar surface area (TPSA) is 58.5 Å². The van der Waals surface area contributed by atoms with Gasteiger partial charge in [0.15, 0.2) is 5.96 Å². The Hall–Kier alpha value is -2.68. The lowest BCUT2D eigenvalue weighted by molar-refractivity contribution is 0.301. The van der Waals surface area contributed by atoms with Crippen molar-refractivity contribution in [2.45, 2.75) is 26.5 Å². The minimum Gasteiger partial charge on any atom is -0.487 e. The van der Waals surface area contributed by atoms with Crippen molar-refractivity contribution in [3.05, 3.63) is 95.6 Å². The summed E-state index contributed by atoms with van der Waals surface area (Å²) in [5.41, 5.74) is 3.03. The first kappa shape index (κ1) is 24.6. The maximum Gasteiger partial charge on any atom is 0.191 e. The monoisotopic (exact) mass is 534 g/mol. The molecule has 0 atom stereocenters. The molecule has 0 fully saturated rings. The molecule has 0 amide bonds. The van der Waals surface area contributed by atoms with Gasteiger partial charge in [-0.15, -0.1) is 24.0 Å². The van der Waals surface area contributed by atoms with Crippen molar-refractivity contribution in [3.8, 4) is 5.75 Å². The molecule has 0 aliphatic heterocycles. The molecule has 0 aliphatic rings. The van der Waals surface area contributed by atoms with E-state index in [4.69, 9.17) is 4.74 Å². The van der Waals surface area contributed by atoms with E-state index in [-0.39, 0.29) is 29.8 Å². The Balaban J connectivity index is 0.00000341. The average Bonchev–Trinajstić information content (AvgIpc) is 2.78. The number of halogens is 2. The van der Waals surface area contributed by atoms with E-state index < -0.39 is 0 Å². The fraction of sp³-hybridized carbons (Fsp3) is 0.250. The molecule has 2 N–H and O–H groups in total. The standard InChI is InChI=1S/C24H27FN4O.HI/c1-2-26-24(28-15-13-19-9-11-21(25)12-10-19)29-17-20-6-5-8-23(16-20)30-18-22-7-3-4-14-27-22;/h3-12,14,16H,2,13,15,17-18H2,1H3,(H2,26,28,29);1H. The summed E-state index contributed by atoms with van der Waals surface area (Å²) < 4.78 is 18.8. The Morgan fingerprint density at radius 2 is 1.84 bits per heavy atom. The van der Waals surface area contributed by atoms with Crippen LogP contribution in [0.1, 0.15) is 23.7 Å². The van der Waals surface area contributed by atoms with Gasteiger partial charge < -0.3 is 15.4 Å². The predicted octanol–water partition coefficient (Wildman–Crippen LogP) is 4.72. The minimum absolute atomic E-state index is 0. The zero-order valence-corrected chi connectivity index (χ0v) is 19.9. The Kier molecular flexibility index (Phi) is 10.8. The maximum atomic E-state index is 13.0. The highest BCUT2D eigenvalue weighted by molar-refractivity contribution is 14.0. The molecule has 7 heteroatoms. The van der Waals surface area contributed by atoms with Crippen LogP contribution in [0.3, 0.4) is 0 Å². The fourth-order valence-corrected chi connectivity index (χ4v) is 2.86. The SMILES string of the molecule is CCNC(=NCc1cccc(OCc2ccccn2)c1)NCCc1ccc(F)cc1.I. The second-order valence-corrected chi connectivity index (χ2v) is 6.76. The van der Waals surface area contributed by atoms with Gasteiger partial charge in [0, 0.05) is 19.3 Å². The number of aliphatic imine (C=N–C) groups is 1. The van der Waals surface area contributed by atoms with E-state index in [2.05, 4.69) is 20.6 Å². The van der Waals surface area contributed by atoms with Crippen LogP contribution in [0.2, 0.25) is 0 Å². The van der Waals surface area contributed by atoms with Crippen molar-refractivity contribution in [1.82, 2.24) is 15.6 Å². The van der Waals surface area contributed by atoms with Crippen LogP contribution in [0.5, 0.6) is 5.75 Å². The Morgan fingerprint density at radius 3 is 2.58 bits per heavy atom. The molecule has 5 nitrogen and oxygen atoms in total. The van der Waals surface area contributed by atoms with Gasteiger partial charge >= 0.3 is 0 Å². The molecule has 1 heterocycles. The molecule has 0 unspecified atom stereocenters. The number of guanidine groups is 1. The number of benzene rings is 2. The number of pyridine rings is 1. The molecule has 0 aliphatic carbocycles. The highest BCUT2D eigenvalue weighted by Crippen LogP contribution is 2.15. The smallest absolute Gasteiger partial charge is 0.191 e.